The number of pyridine rings is 2. The van der Waals surface area contributed by atoms with Gasteiger partial charge in [-0.25, -0.2) is 9.97 Å². The van der Waals surface area contributed by atoms with E-state index in [1.165, 1.54) is 4.31 Å². The highest BCUT2D eigenvalue weighted by molar-refractivity contribution is 7.86. The number of anilines is 2. The topological polar surface area (TPSA) is 87.7 Å². The lowest BCUT2D eigenvalue weighted by Gasteiger charge is -2.36. The third-order valence-electron chi connectivity index (χ3n) is 5.45. The number of rotatable bonds is 5. The van der Waals surface area contributed by atoms with Crippen LogP contribution >= 0.6 is 0 Å². The molecular weight excluding hydrogens is 390 g/mol. The van der Waals surface area contributed by atoms with Gasteiger partial charge in [0.25, 0.3) is 10.2 Å². The number of nitrogens with one attached hydrogen (secondary N) is 1. The second-order valence-corrected chi connectivity index (χ2v) is 9.39. The van der Waals surface area contributed by atoms with Gasteiger partial charge in [0.2, 0.25) is 0 Å². The van der Waals surface area contributed by atoms with Crippen molar-refractivity contribution in [2.75, 3.05) is 44.7 Å². The van der Waals surface area contributed by atoms with E-state index in [1.54, 1.807) is 10.5 Å². The highest BCUT2D eigenvalue weighted by atomic mass is 32.2. The summed E-state index contributed by atoms with van der Waals surface area (Å²) in [6.45, 7) is 4.77. The van der Waals surface area contributed by atoms with Crippen molar-refractivity contribution < 1.29 is 13.2 Å². The lowest BCUT2D eigenvalue weighted by molar-refractivity contribution is 0.0695. The molecule has 29 heavy (non-hydrogen) atoms. The van der Waals surface area contributed by atoms with E-state index in [2.05, 4.69) is 10.3 Å². The molecule has 0 saturated carbocycles. The number of piperidine rings is 1. The summed E-state index contributed by atoms with van der Waals surface area (Å²) < 4.78 is 34.5. The van der Waals surface area contributed by atoms with Crippen LogP contribution in [0.4, 0.5) is 11.6 Å². The molecule has 2 aromatic heterocycles. The van der Waals surface area contributed by atoms with Gasteiger partial charge in [-0.3, -0.25) is 0 Å². The second-order valence-electron chi connectivity index (χ2n) is 7.46. The number of aryl methyl sites for hydroxylation is 1. The average Bonchev–Trinajstić information content (AvgIpc) is 2.76. The van der Waals surface area contributed by atoms with Crippen molar-refractivity contribution in [3.8, 4) is 0 Å². The normalized spacial score (nSPS) is 21.8. The number of ether oxygens (including phenoxy) is 1. The molecule has 0 spiro atoms. The van der Waals surface area contributed by atoms with E-state index in [-0.39, 0.29) is 5.92 Å². The summed E-state index contributed by atoms with van der Waals surface area (Å²) >= 11 is 0. The van der Waals surface area contributed by atoms with E-state index in [0.29, 0.717) is 39.4 Å². The van der Waals surface area contributed by atoms with Crippen LogP contribution < -0.4 is 5.32 Å². The van der Waals surface area contributed by atoms with Gasteiger partial charge in [0.05, 0.1) is 13.2 Å². The molecule has 4 heterocycles. The van der Waals surface area contributed by atoms with Gasteiger partial charge in [0.1, 0.15) is 11.6 Å². The fraction of sp³-hybridized carbons (Fsp3) is 0.500. The van der Waals surface area contributed by atoms with Gasteiger partial charge < -0.3 is 10.1 Å². The van der Waals surface area contributed by atoms with Gasteiger partial charge in [0.15, 0.2) is 0 Å². The van der Waals surface area contributed by atoms with Gasteiger partial charge >= 0.3 is 0 Å². The molecule has 2 aliphatic heterocycles. The molecule has 0 aromatic carbocycles. The Balaban J connectivity index is 1.49. The van der Waals surface area contributed by atoms with Gasteiger partial charge in [-0.1, -0.05) is 12.1 Å². The number of nitrogens with zero attached hydrogens (tertiary/aromatic N) is 4. The SMILES string of the molecule is Cc1cccnc1Nc1cccc(C2CCCN(S(=O)(=O)N3CCOCC3)C2)n1. The largest absolute Gasteiger partial charge is 0.379 e. The average molecular weight is 418 g/mol. The minimum Gasteiger partial charge on any atom is -0.379 e. The third kappa shape index (κ3) is 4.58. The summed E-state index contributed by atoms with van der Waals surface area (Å²) in [7, 11) is -3.46. The van der Waals surface area contributed by atoms with Crippen LogP contribution in [0.5, 0.6) is 0 Å². The fourth-order valence-corrected chi connectivity index (χ4v) is 5.49. The van der Waals surface area contributed by atoms with E-state index in [4.69, 9.17) is 9.72 Å². The quantitative estimate of drug-likeness (QED) is 0.803. The Morgan fingerprint density at radius 2 is 1.93 bits per heavy atom. The molecule has 0 amide bonds. The van der Waals surface area contributed by atoms with Gasteiger partial charge in [-0.05, 0) is 43.5 Å². The Hall–Kier alpha value is -2.07. The molecular formula is C20H27N5O3S. The molecule has 8 nitrogen and oxygen atoms in total. The van der Waals surface area contributed by atoms with E-state index in [9.17, 15) is 8.42 Å². The molecule has 2 fully saturated rings. The minimum atomic E-state index is -3.46. The molecule has 0 bridgehead atoms. The maximum Gasteiger partial charge on any atom is 0.282 e. The van der Waals surface area contributed by atoms with Gasteiger partial charge in [-0.15, -0.1) is 0 Å². The first-order valence-electron chi connectivity index (χ1n) is 10.0. The molecule has 1 N–H and O–H groups in total. The van der Waals surface area contributed by atoms with E-state index < -0.39 is 10.2 Å². The molecule has 2 aromatic rings. The zero-order valence-corrected chi connectivity index (χ0v) is 17.4. The Bertz CT molecular complexity index is 947. The van der Waals surface area contributed by atoms with Crippen molar-refractivity contribution in [2.45, 2.75) is 25.7 Å². The molecule has 0 aliphatic carbocycles. The van der Waals surface area contributed by atoms with Crippen LogP contribution in [0, 0.1) is 6.92 Å². The first-order valence-corrected chi connectivity index (χ1v) is 11.4. The van der Waals surface area contributed by atoms with Crippen molar-refractivity contribution in [3.63, 3.8) is 0 Å². The van der Waals surface area contributed by atoms with E-state index in [1.807, 2.05) is 37.3 Å². The van der Waals surface area contributed by atoms with Crippen LogP contribution in [0.25, 0.3) is 0 Å². The van der Waals surface area contributed by atoms with Crippen molar-refractivity contribution in [3.05, 3.63) is 47.8 Å². The number of hydrogen-bond acceptors (Lipinski definition) is 6. The summed E-state index contributed by atoms with van der Waals surface area (Å²) in [5, 5.41) is 3.27. The zero-order chi connectivity index (χ0) is 20.3. The van der Waals surface area contributed by atoms with Crippen LogP contribution in [0.15, 0.2) is 36.5 Å². The highest BCUT2D eigenvalue weighted by Crippen LogP contribution is 2.29. The Labute approximate surface area is 172 Å². The predicted molar refractivity (Wildman–Crippen MR) is 111 cm³/mol. The van der Waals surface area contributed by atoms with E-state index >= 15 is 0 Å². The maximum absolute atomic E-state index is 13.0. The van der Waals surface area contributed by atoms with Crippen LogP contribution in [0.1, 0.15) is 30.0 Å². The van der Waals surface area contributed by atoms with Crippen LogP contribution in [-0.2, 0) is 14.9 Å². The molecule has 9 heteroatoms. The van der Waals surface area contributed by atoms with Crippen molar-refractivity contribution in [1.82, 2.24) is 18.6 Å². The Kier molecular flexibility index (Phi) is 6.09. The van der Waals surface area contributed by atoms with Crippen molar-refractivity contribution in [1.29, 1.82) is 0 Å². The molecule has 156 valence electrons. The van der Waals surface area contributed by atoms with E-state index in [0.717, 1.165) is 35.7 Å². The van der Waals surface area contributed by atoms with Crippen LogP contribution in [-0.4, -0.2) is 66.4 Å². The van der Waals surface area contributed by atoms with Crippen LogP contribution in [0.2, 0.25) is 0 Å². The Morgan fingerprint density at radius 1 is 1.10 bits per heavy atom. The summed E-state index contributed by atoms with van der Waals surface area (Å²) in [5.41, 5.74) is 1.95. The monoisotopic (exact) mass is 417 g/mol. The molecule has 0 radical (unpaired) electrons. The third-order valence-corrected chi connectivity index (χ3v) is 7.45. The summed E-state index contributed by atoms with van der Waals surface area (Å²) in [5.74, 6) is 1.57. The van der Waals surface area contributed by atoms with Crippen molar-refractivity contribution >= 4 is 21.8 Å². The fourth-order valence-electron chi connectivity index (χ4n) is 3.82. The first-order chi connectivity index (χ1) is 14.0. The lowest BCUT2D eigenvalue weighted by atomic mass is 9.95. The van der Waals surface area contributed by atoms with Crippen molar-refractivity contribution in [2.24, 2.45) is 0 Å². The lowest BCUT2D eigenvalue weighted by Crippen LogP contribution is -2.51. The van der Waals surface area contributed by atoms with Crippen LogP contribution in [0.3, 0.4) is 0 Å². The predicted octanol–water partition coefficient (Wildman–Crippen LogP) is 2.29. The summed E-state index contributed by atoms with van der Waals surface area (Å²) in [6, 6.07) is 9.73. The molecule has 4 rings (SSSR count). The maximum atomic E-state index is 13.0. The highest BCUT2D eigenvalue weighted by Gasteiger charge is 2.35. The Morgan fingerprint density at radius 3 is 2.72 bits per heavy atom. The molecule has 1 unspecified atom stereocenters. The summed E-state index contributed by atoms with van der Waals surface area (Å²) in [6.07, 6.45) is 3.50. The second kappa shape index (κ2) is 8.74. The standard InChI is InChI=1S/C20H27N5O3S/c1-16-5-3-9-21-20(16)23-19-8-2-7-18(22-19)17-6-4-10-25(15-17)29(26,27)24-11-13-28-14-12-24/h2-3,5,7-9,17H,4,6,10-15H2,1H3,(H,21,22,23). The molecule has 2 saturated heterocycles. The minimum absolute atomic E-state index is 0.0751. The van der Waals surface area contributed by atoms with Gasteiger partial charge in [-0.2, -0.15) is 17.0 Å². The number of aromatic nitrogens is 2. The number of morpholine rings is 1. The molecule has 1 atom stereocenters. The first kappa shape index (κ1) is 20.2. The molecule has 2 aliphatic rings. The van der Waals surface area contributed by atoms with Gasteiger partial charge in [0, 0.05) is 44.0 Å². The zero-order valence-electron chi connectivity index (χ0n) is 16.6. The number of hydrogen-bond donors (Lipinski definition) is 1. The summed E-state index contributed by atoms with van der Waals surface area (Å²) in [4.78, 5) is 9.11. The smallest absolute Gasteiger partial charge is 0.282 e.